The zero-order valence-electron chi connectivity index (χ0n) is 10.7. The van der Waals surface area contributed by atoms with Gasteiger partial charge in [0, 0.05) is 16.1 Å². The molecule has 0 radical (unpaired) electrons. The fraction of sp³-hybridized carbons (Fsp3) is 0.143. The van der Waals surface area contributed by atoms with Crippen LogP contribution in [0.4, 0.5) is 0 Å². The van der Waals surface area contributed by atoms with Gasteiger partial charge in [-0.05, 0) is 60.6 Å². The van der Waals surface area contributed by atoms with E-state index in [-0.39, 0.29) is 0 Å². The van der Waals surface area contributed by atoms with E-state index in [4.69, 9.17) is 17.3 Å². The van der Waals surface area contributed by atoms with Crippen molar-refractivity contribution in [2.24, 2.45) is 5.73 Å². The van der Waals surface area contributed by atoms with Crippen molar-refractivity contribution in [2.45, 2.75) is 16.5 Å². The average Bonchev–Trinajstić information content (AvgIpc) is 2.86. The van der Waals surface area contributed by atoms with Crippen LogP contribution in [0.15, 0.2) is 52.6 Å². The van der Waals surface area contributed by atoms with Crippen LogP contribution in [-0.4, -0.2) is 21.1 Å². The highest BCUT2D eigenvalue weighted by Crippen LogP contribution is 2.31. The van der Waals surface area contributed by atoms with Gasteiger partial charge >= 0.3 is 0 Å². The SMILES string of the molecule is NCCc1cc(Cl)ccc1Sc1nnc2ccccn12. The number of hydrogen-bond donors (Lipinski definition) is 1. The number of aromatic nitrogens is 3. The molecule has 2 N–H and O–H groups in total. The highest BCUT2D eigenvalue weighted by Gasteiger charge is 2.10. The third-order valence-electron chi connectivity index (χ3n) is 2.92. The summed E-state index contributed by atoms with van der Waals surface area (Å²) in [5.41, 5.74) is 7.63. The van der Waals surface area contributed by atoms with E-state index < -0.39 is 0 Å². The smallest absolute Gasteiger partial charge is 0.200 e. The van der Waals surface area contributed by atoms with E-state index in [9.17, 15) is 0 Å². The molecule has 0 aliphatic rings. The van der Waals surface area contributed by atoms with Gasteiger partial charge in [0.15, 0.2) is 10.8 Å². The standard InChI is InChI=1S/C14H13ClN4S/c15-11-4-5-12(10(9-11)6-7-16)20-14-18-17-13-3-1-2-8-19(13)14/h1-5,8-9H,6-7,16H2. The summed E-state index contributed by atoms with van der Waals surface area (Å²) in [5, 5.41) is 9.94. The summed E-state index contributed by atoms with van der Waals surface area (Å²) in [4.78, 5) is 1.11. The lowest BCUT2D eigenvalue weighted by atomic mass is 10.1. The minimum absolute atomic E-state index is 0.592. The van der Waals surface area contributed by atoms with Gasteiger partial charge in [0.25, 0.3) is 0 Å². The zero-order chi connectivity index (χ0) is 13.9. The normalized spacial score (nSPS) is 11.1. The number of benzene rings is 1. The average molecular weight is 305 g/mol. The van der Waals surface area contributed by atoms with Gasteiger partial charge in [-0.1, -0.05) is 17.7 Å². The quantitative estimate of drug-likeness (QED) is 0.805. The molecule has 0 spiro atoms. The van der Waals surface area contributed by atoms with Crippen LogP contribution in [0.1, 0.15) is 5.56 Å². The molecule has 0 atom stereocenters. The Balaban J connectivity index is 1.98. The van der Waals surface area contributed by atoms with Crippen LogP contribution in [0.25, 0.3) is 5.65 Å². The fourth-order valence-electron chi connectivity index (χ4n) is 1.99. The third-order valence-corrected chi connectivity index (χ3v) is 4.23. The Morgan fingerprint density at radius 3 is 2.95 bits per heavy atom. The molecule has 0 saturated heterocycles. The van der Waals surface area contributed by atoms with Crippen molar-refractivity contribution < 1.29 is 0 Å². The number of pyridine rings is 1. The van der Waals surface area contributed by atoms with E-state index in [1.807, 2.05) is 47.0 Å². The number of nitrogens with zero attached hydrogens (tertiary/aromatic N) is 3. The van der Waals surface area contributed by atoms with Gasteiger partial charge in [-0.2, -0.15) is 0 Å². The van der Waals surface area contributed by atoms with Crippen molar-refractivity contribution in [3.05, 3.63) is 53.2 Å². The van der Waals surface area contributed by atoms with Crippen molar-refractivity contribution in [1.29, 1.82) is 0 Å². The summed E-state index contributed by atoms with van der Waals surface area (Å²) in [6.45, 7) is 0.592. The predicted octanol–water partition coefficient (Wildman–Crippen LogP) is 3.04. The molecule has 3 aromatic rings. The highest BCUT2D eigenvalue weighted by molar-refractivity contribution is 7.99. The third kappa shape index (κ3) is 2.65. The minimum Gasteiger partial charge on any atom is -0.330 e. The van der Waals surface area contributed by atoms with E-state index in [1.54, 1.807) is 11.8 Å². The number of hydrogen-bond acceptors (Lipinski definition) is 4. The number of fused-ring (bicyclic) bond motifs is 1. The first kappa shape index (κ1) is 13.4. The first-order chi connectivity index (χ1) is 9.78. The first-order valence-corrected chi connectivity index (χ1v) is 7.43. The summed E-state index contributed by atoms with van der Waals surface area (Å²) >= 11 is 7.62. The maximum Gasteiger partial charge on any atom is 0.200 e. The molecule has 0 aliphatic carbocycles. The van der Waals surface area contributed by atoms with Gasteiger partial charge in [0.1, 0.15) is 0 Å². The van der Waals surface area contributed by atoms with Crippen LogP contribution in [0.3, 0.4) is 0 Å². The summed E-state index contributed by atoms with van der Waals surface area (Å²) in [6, 6.07) is 11.7. The number of nitrogens with two attached hydrogens (primary N) is 1. The Kier molecular flexibility index (Phi) is 3.91. The molecule has 0 aliphatic heterocycles. The van der Waals surface area contributed by atoms with Crippen LogP contribution in [-0.2, 0) is 6.42 Å². The molecule has 6 heteroatoms. The molecular weight excluding hydrogens is 292 g/mol. The largest absolute Gasteiger partial charge is 0.330 e. The van der Waals surface area contributed by atoms with Crippen LogP contribution < -0.4 is 5.73 Å². The van der Waals surface area contributed by atoms with E-state index in [0.717, 1.165) is 32.7 Å². The molecule has 3 rings (SSSR count). The molecule has 1 aromatic carbocycles. The van der Waals surface area contributed by atoms with Crippen molar-refractivity contribution in [1.82, 2.24) is 14.6 Å². The second-order valence-electron chi connectivity index (χ2n) is 4.30. The minimum atomic E-state index is 0.592. The Labute approximate surface area is 126 Å². The zero-order valence-corrected chi connectivity index (χ0v) is 12.2. The van der Waals surface area contributed by atoms with E-state index in [1.165, 1.54) is 0 Å². The van der Waals surface area contributed by atoms with Gasteiger partial charge in [0.05, 0.1) is 0 Å². The number of halogens is 1. The van der Waals surface area contributed by atoms with Gasteiger partial charge in [-0.15, -0.1) is 10.2 Å². The van der Waals surface area contributed by atoms with Crippen molar-refractivity contribution in [2.75, 3.05) is 6.54 Å². The van der Waals surface area contributed by atoms with Crippen LogP contribution in [0.5, 0.6) is 0 Å². The van der Waals surface area contributed by atoms with Crippen LogP contribution in [0.2, 0.25) is 5.02 Å². The molecule has 0 bridgehead atoms. The molecule has 0 fully saturated rings. The molecule has 0 amide bonds. The van der Waals surface area contributed by atoms with Crippen molar-refractivity contribution >= 4 is 29.0 Å². The summed E-state index contributed by atoms with van der Waals surface area (Å²) in [7, 11) is 0. The lowest BCUT2D eigenvalue weighted by molar-refractivity contribution is 0.912. The lowest BCUT2D eigenvalue weighted by Crippen LogP contribution is -2.03. The van der Waals surface area contributed by atoms with Crippen molar-refractivity contribution in [3.63, 3.8) is 0 Å². The Hall–Kier alpha value is -1.56. The summed E-state index contributed by atoms with van der Waals surface area (Å²) < 4.78 is 1.96. The van der Waals surface area contributed by atoms with E-state index >= 15 is 0 Å². The predicted molar refractivity (Wildman–Crippen MR) is 81.3 cm³/mol. The second kappa shape index (κ2) is 5.83. The topological polar surface area (TPSA) is 56.2 Å². The van der Waals surface area contributed by atoms with E-state index in [0.29, 0.717) is 6.54 Å². The van der Waals surface area contributed by atoms with Gasteiger partial charge in [-0.3, -0.25) is 4.40 Å². The molecule has 2 heterocycles. The van der Waals surface area contributed by atoms with Gasteiger partial charge in [0.2, 0.25) is 0 Å². The van der Waals surface area contributed by atoms with Gasteiger partial charge in [-0.25, -0.2) is 0 Å². The summed E-state index contributed by atoms with van der Waals surface area (Å²) in [5.74, 6) is 0. The molecular formula is C14H13ClN4S. The molecule has 0 saturated carbocycles. The maximum absolute atomic E-state index is 6.05. The van der Waals surface area contributed by atoms with Crippen LogP contribution in [0, 0.1) is 0 Å². The molecule has 20 heavy (non-hydrogen) atoms. The fourth-order valence-corrected chi connectivity index (χ4v) is 3.14. The lowest BCUT2D eigenvalue weighted by Gasteiger charge is -2.07. The molecule has 102 valence electrons. The Morgan fingerprint density at radius 2 is 2.10 bits per heavy atom. The number of rotatable bonds is 4. The second-order valence-corrected chi connectivity index (χ2v) is 5.75. The summed E-state index contributed by atoms with van der Waals surface area (Å²) in [6.07, 6.45) is 2.75. The maximum atomic E-state index is 6.05. The molecule has 2 aromatic heterocycles. The molecule has 0 unspecified atom stereocenters. The monoisotopic (exact) mass is 304 g/mol. The van der Waals surface area contributed by atoms with E-state index in [2.05, 4.69) is 10.2 Å². The highest BCUT2D eigenvalue weighted by atomic mass is 35.5. The van der Waals surface area contributed by atoms with Crippen LogP contribution >= 0.6 is 23.4 Å². The Morgan fingerprint density at radius 1 is 1.20 bits per heavy atom. The Bertz CT molecular complexity index is 741. The van der Waals surface area contributed by atoms with Gasteiger partial charge < -0.3 is 5.73 Å². The van der Waals surface area contributed by atoms with Crippen molar-refractivity contribution in [3.8, 4) is 0 Å². The molecule has 4 nitrogen and oxygen atoms in total. The first-order valence-electron chi connectivity index (χ1n) is 6.24.